The number of carbonyl (C=O) groups excluding carboxylic acids is 1. The number of piperidine rings is 1. The summed E-state index contributed by atoms with van der Waals surface area (Å²) >= 11 is 0. The number of amides is 1. The predicted octanol–water partition coefficient (Wildman–Crippen LogP) is 4.21. The van der Waals surface area contributed by atoms with Gasteiger partial charge in [-0.1, -0.05) is 18.2 Å². The third kappa shape index (κ3) is 4.24. The molecule has 0 radical (unpaired) electrons. The molecule has 3 heterocycles. The van der Waals surface area contributed by atoms with Crippen LogP contribution in [0.3, 0.4) is 0 Å². The molecule has 2 spiro atoms. The van der Waals surface area contributed by atoms with Crippen molar-refractivity contribution in [2.75, 3.05) is 31.1 Å². The molecule has 0 N–H and O–H groups in total. The van der Waals surface area contributed by atoms with Crippen LogP contribution in [0.15, 0.2) is 42.7 Å². The minimum Gasteiger partial charge on any atom is -0.357 e. The largest absolute Gasteiger partial charge is 0.418 e. The number of morpholine rings is 1. The van der Waals surface area contributed by atoms with E-state index in [2.05, 4.69) is 9.88 Å². The zero-order chi connectivity index (χ0) is 23.3. The Balaban J connectivity index is 1.32. The highest BCUT2D eigenvalue weighted by Crippen LogP contribution is 2.51. The highest BCUT2D eigenvalue weighted by molar-refractivity contribution is 6.02. The van der Waals surface area contributed by atoms with Gasteiger partial charge in [0.1, 0.15) is 11.4 Å². The first-order valence-corrected chi connectivity index (χ1v) is 11.2. The average molecular weight is 463 g/mol. The lowest BCUT2D eigenvalue weighted by Crippen LogP contribution is -2.63. The Morgan fingerprint density at radius 1 is 1.06 bits per heavy atom. The molecule has 2 saturated heterocycles. The number of likely N-dealkylation sites (tertiary alicyclic amines) is 1. The number of alkyl halides is 3. The van der Waals surface area contributed by atoms with Crippen LogP contribution in [0.5, 0.6) is 0 Å². The van der Waals surface area contributed by atoms with Gasteiger partial charge in [0, 0.05) is 25.8 Å². The van der Waals surface area contributed by atoms with Gasteiger partial charge in [0.15, 0.2) is 0 Å². The Morgan fingerprint density at radius 3 is 2.45 bits per heavy atom. The van der Waals surface area contributed by atoms with E-state index >= 15 is 0 Å². The monoisotopic (exact) mass is 463 g/mol. The lowest BCUT2D eigenvalue weighted by Gasteiger charge is -2.50. The molecule has 33 heavy (non-hydrogen) atoms. The standard InChI is InChI=1S/C24H25F4N3O2/c25-19-4-2-1-3-17(19)6-12-30-13-9-22(10-14-30)16-31(21(32)23(33-22)7-8-23)20-15-29-11-5-18(20)24(26,27)28/h1-5,11,15H,6-10,12-14,16H2. The van der Waals surface area contributed by atoms with Crippen molar-refractivity contribution in [2.24, 2.45) is 0 Å². The van der Waals surface area contributed by atoms with Gasteiger partial charge in [0.25, 0.3) is 5.91 Å². The van der Waals surface area contributed by atoms with Crippen LogP contribution >= 0.6 is 0 Å². The Hall–Kier alpha value is -2.52. The van der Waals surface area contributed by atoms with Crippen LogP contribution in [0.1, 0.15) is 36.8 Å². The van der Waals surface area contributed by atoms with E-state index in [1.54, 1.807) is 12.1 Å². The second-order valence-electron chi connectivity index (χ2n) is 9.24. The predicted molar refractivity (Wildman–Crippen MR) is 113 cm³/mol. The normalized spacial score (nSPS) is 22.2. The summed E-state index contributed by atoms with van der Waals surface area (Å²) in [5.41, 5.74) is -2.12. The van der Waals surface area contributed by atoms with Crippen LogP contribution in [-0.4, -0.2) is 53.2 Å². The van der Waals surface area contributed by atoms with Crippen LogP contribution in [-0.2, 0) is 22.1 Å². The van der Waals surface area contributed by atoms with Crippen LogP contribution in [0.25, 0.3) is 0 Å². The number of aromatic nitrogens is 1. The molecule has 1 saturated carbocycles. The molecule has 2 aliphatic heterocycles. The SMILES string of the molecule is O=C1N(c2cnccc2C(F)(F)F)CC2(CCN(CCc3ccccc3F)CC2)OC12CC2. The fourth-order valence-corrected chi connectivity index (χ4v) is 4.99. The summed E-state index contributed by atoms with van der Waals surface area (Å²) in [7, 11) is 0. The van der Waals surface area contributed by atoms with Crippen LogP contribution < -0.4 is 4.90 Å². The minimum absolute atomic E-state index is 0.0729. The second kappa shape index (κ2) is 8.06. The molecule has 9 heteroatoms. The lowest BCUT2D eigenvalue weighted by molar-refractivity contribution is -0.172. The van der Waals surface area contributed by atoms with Gasteiger partial charge in [-0.2, -0.15) is 13.2 Å². The molecule has 176 valence electrons. The molecule has 0 bridgehead atoms. The van der Waals surface area contributed by atoms with Crippen molar-refractivity contribution >= 4 is 11.6 Å². The first kappa shape index (κ1) is 22.3. The first-order chi connectivity index (χ1) is 15.7. The third-order valence-corrected chi connectivity index (χ3v) is 7.02. The van der Waals surface area contributed by atoms with Gasteiger partial charge in [0.2, 0.25) is 0 Å². The average Bonchev–Trinajstić information content (AvgIpc) is 3.56. The van der Waals surface area contributed by atoms with Gasteiger partial charge >= 0.3 is 6.18 Å². The maximum absolute atomic E-state index is 13.9. The number of rotatable bonds is 4. The summed E-state index contributed by atoms with van der Waals surface area (Å²) in [6, 6.07) is 7.61. The fourth-order valence-electron chi connectivity index (χ4n) is 4.99. The second-order valence-corrected chi connectivity index (χ2v) is 9.24. The van der Waals surface area contributed by atoms with E-state index in [0.717, 1.165) is 18.5 Å². The number of halogens is 4. The number of benzene rings is 1. The van der Waals surface area contributed by atoms with Crippen molar-refractivity contribution in [3.05, 3.63) is 59.7 Å². The minimum atomic E-state index is -4.59. The van der Waals surface area contributed by atoms with Crippen molar-refractivity contribution in [2.45, 2.75) is 49.5 Å². The van der Waals surface area contributed by atoms with Gasteiger partial charge in [-0.25, -0.2) is 4.39 Å². The fraction of sp³-hybridized carbons (Fsp3) is 0.500. The molecule has 5 nitrogen and oxygen atoms in total. The number of nitrogens with zero attached hydrogens (tertiary/aromatic N) is 3. The van der Waals surface area contributed by atoms with E-state index in [1.165, 1.54) is 11.0 Å². The molecule has 1 aromatic carbocycles. The molecule has 1 amide bonds. The summed E-state index contributed by atoms with van der Waals surface area (Å²) in [4.78, 5) is 20.5. The third-order valence-electron chi connectivity index (χ3n) is 7.02. The quantitative estimate of drug-likeness (QED) is 0.638. The number of anilines is 1. The summed E-state index contributed by atoms with van der Waals surface area (Å²) in [6.07, 6.45) is 0.435. The molecule has 3 aliphatic rings. The Labute approximate surface area is 189 Å². The number of pyridine rings is 1. The number of hydrogen-bond acceptors (Lipinski definition) is 4. The highest BCUT2D eigenvalue weighted by Gasteiger charge is 2.62. The Bertz CT molecular complexity index is 1050. The van der Waals surface area contributed by atoms with E-state index < -0.39 is 28.8 Å². The van der Waals surface area contributed by atoms with Gasteiger partial charge in [-0.15, -0.1) is 0 Å². The number of hydrogen-bond donors (Lipinski definition) is 0. The zero-order valence-electron chi connectivity index (χ0n) is 18.1. The van der Waals surface area contributed by atoms with Gasteiger partial charge in [0.05, 0.1) is 29.6 Å². The lowest BCUT2D eigenvalue weighted by atomic mass is 9.87. The van der Waals surface area contributed by atoms with Crippen molar-refractivity contribution in [1.82, 2.24) is 9.88 Å². The van der Waals surface area contributed by atoms with Gasteiger partial charge in [-0.05, 0) is 49.8 Å². The molecule has 1 aromatic heterocycles. The summed E-state index contributed by atoms with van der Waals surface area (Å²) in [6.45, 7) is 2.10. The molecule has 3 fully saturated rings. The molecule has 1 aliphatic carbocycles. The van der Waals surface area contributed by atoms with E-state index in [-0.39, 0.29) is 18.0 Å². The molecular weight excluding hydrogens is 438 g/mol. The van der Waals surface area contributed by atoms with Crippen molar-refractivity contribution < 1.29 is 27.1 Å². The van der Waals surface area contributed by atoms with E-state index in [1.807, 2.05) is 6.07 Å². The summed E-state index contributed by atoms with van der Waals surface area (Å²) in [5, 5.41) is 0. The summed E-state index contributed by atoms with van der Waals surface area (Å²) in [5.74, 6) is -0.628. The maximum Gasteiger partial charge on any atom is 0.418 e. The zero-order valence-corrected chi connectivity index (χ0v) is 18.1. The molecule has 0 unspecified atom stereocenters. The van der Waals surface area contributed by atoms with Crippen LogP contribution in [0, 0.1) is 5.82 Å². The Kier molecular flexibility index (Phi) is 5.44. The molecule has 0 atom stereocenters. The van der Waals surface area contributed by atoms with Crippen molar-refractivity contribution in [1.29, 1.82) is 0 Å². The Morgan fingerprint density at radius 2 is 1.79 bits per heavy atom. The highest BCUT2D eigenvalue weighted by atomic mass is 19.4. The van der Waals surface area contributed by atoms with Crippen molar-refractivity contribution in [3.63, 3.8) is 0 Å². The molecular formula is C24H25F4N3O2. The van der Waals surface area contributed by atoms with Gasteiger partial charge < -0.3 is 14.5 Å². The van der Waals surface area contributed by atoms with E-state index in [0.29, 0.717) is 57.3 Å². The van der Waals surface area contributed by atoms with Crippen LogP contribution in [0.4, 0.5) is 23.2 Å². The molecule has 2 aromatic rings. The molecule has 5 rings (SSSR count). The summed E-state index contributed by atoms with van der Waals surface area (Å²) < 4.78 is 61.2. The van der Waals surface area contributed by atoms with Crippen molar-refractivity contribution in [3.8, 4) is 0 Å². The maximum atomic E-state index is 13.9. The van der Waals surface area contributed by atoms with E-state index in [9.17, 15) is 22.4 Å². The number of carbonyl (C=O) groups is 1. The number of ether oxygens (including phenoxy) is 1. The topological polar surface area (TPSA) is 45.7 Å². The van der Waals surface area contributed by atoms with Crippen LogP contribution in [0.2, 0.25) is 0 Å². The van der Waals surface area contributed by atoms with E-state index in [4.69, 9.17) is 4.74 Å². The smallest absolute Gasteiger partial charge is 0.357 e. The first-order valence-electron chi connectivity index (χ1n) is 11.2. The van der Waals surface area contributed by atoms with Gasteiger partial charge in [-0.3, -0.25) is 9.78 Å².